The molecule has 0 radical (unpaired) electrons. The summed E-state index contributed by atoms with van der Waals surface area (Å²) >= 11 is 6.03. The van der Waals surface area contributed by atoms with Crippen LogP contribution < -0.4 is 11.1 Å². The molecule has 4 nitrogen and oxygen atoms in total. The normalized spacial score (nSPS) is 11.9. The van der Waals surface area contributed by atoms with Crippen molar-refractivity contribution in [2.45, 2.75) is 6.10 Å². The van der Waals surface area contributed by atoms with E-state index in [9.17, 15) is 4.79 Å². The van der Waals surface area contributed by atoms with E-state index in [0.717, 1.165) is 5.56 Å². The molecule has 0 aromatic heterocycles. The summed E-state index contributed by atoms with van der Waals surface area (Å²) in [4.78, 5) is 12.3. The van der Waals surface area contributed by atoms with Crippen LogP contribution in [0.1, 0.15) is 11.7 Å². The topological polar surface area (TPSA) is 64.3 Å². The second-order valence-corrected chi connectivity index (χ2v) is 4.66. The number of nitrogen functional groups attached to an aromatic ring is 1. The van der Waals surface area contributed by atoms with Crippen LogP contribution in [-0.4, -0.2) is 13.0 Å². The van der Waals surface area contributed by atoms with E-state index in [-0.39, 0.29) is 5.91 Å². The van der Waals surface area contributed by atoms with Crippen molar-refractivity contribution in [1.29, 1.82) is 0 Å². The van der Waals surface area contributed by atoms with E-state index in [0.29, 0.717) is 16.4 Å². The Hall–Kier alpha value is -2.04. The molecule has 20 heavy (non-hydrogen) atoms. The van der Waals surface area contributed by atoms with Crippen LogP contribution in [0.2, 0.25) is 5.02 Å². The fourth-order valence-corrected chi connectivity index (χ4v) is 2.09. The SMILES string of the molecule is COC(C(=O)Nc1ccc(N)cc1Cl)c1ccccc1. The quantitative estimate of drug-likeness (QED) is 0.850. The summed E-state index contributed by atoms with van der Waals surface area (Å²) in [5.41, 5.74) is 7.44. The second kappa shape index (κ2) is 6.41. The number of hydrogen-bond donors (Lipinski definition) is 2. The van der Waals surface area contributed by atoms with Gasteiger partial charge in [0.05, 0.1) is 10.7 Å². The van der Waals surface area contributed by atoms with Gasteiger partial charge < -0.3 is 15.8 Å². The van der Waals surface area contributed by atoms with Crippen LogP contribution in [0.4, 0.5) is 11.4 Å². The Balaban J connectivity index is 2.18. The van der Waals surface area contributed by atoms with E-state index < -0.39 is 6.10 Å². The maximum Gasteiger partial charge on any atom is 0.258 e. The van der Waals surface area contributed by atoms with E-state index in [1.165, 1.54) is 7.11 Å². The van der Waals surface area contributed by atoms with E-state index in [1.807, 2.05) is 30.3 Å². The monoisotopic (exact) mass is 290 g/mol. The van der Waals surface area contributed by atoms with Crippen molar-refractivity contribution in [2.24, 2.45) is 0 Å². The lowest BCUT2D eigenvalue weighted by Crippen LogP contribution is -2.22. The number of anilines is 2. The lowest BCUT2D eigenvalue weighted by Gasteiger charge is -2.16. The highest BCUT2D eigenvalue weighted by Crippen LogP contribution is 2.26. The Labute approximate surface area is 122 Å². The van der Waals surface area contributed by atoms with Gasteiger partial charge in [0.15, 0.2) is 6.10 Å². The van der Waals surface area contributed by atoms with Crippen LogP contribution in [0.25, 0.3) is 0 Å². The second-order valence-electron chi connectivity index (χ2n) is 4.25. The first-order valence-corrected chi connectivity index (χ1v) is 6.43. The molecule has 0 fully saturated rings. The molecule has 0 saturated heterocycles. The minimum absolute atomic E-state index is 0.287. The van der Waals surface area contributed by atoms with Crippen molar-refractivity contribution in [2.75, 3.05) is 18.2 Å². The lowest BCUT2D eigenvalue weighted by atomic mass is 10.1. The number of nitrogens with one attached hydrogen (secondary N) is 1. The molecule has 2 rings (SSSR count). The lowest BCUT2D eigenvalue weighted by molar-refractivity contribution is -0.126. The summed E-state index contributed by atoms with van der Waals surface area (Å²) in [5.74, 6) is -0.287. The number of methoxy groups -OCH3 is 1. The third kappa shape index (κ3) is 3.29. The molecule has 0 saturated carbocycles. The highest BCUT2D eigenvalue weighted by Gasteiger charge is 2.20. The Morgan fingerprint density at radius 1 is 1.25 bits per heavy atom. The smallest absolute Gasteiger partial charge is 0.258 e. The van der Waals surface area contributed by atoms with Gasteiger partial charge in [-0.3, -0.25) is 4.79 Å². The zero-order valence-corrected chi connectivity index (χ0v) is 11.7. The Kier molecular flexibility index (Phi) is 4.61. The zero-order chi connectivity index (χ0) is 14.5. The van der Waals surface area contributed by atoms with Crippen LogP contribution in [-0.2, 0) is 9.53 Å². The summed E-state index contributed by atoms with van der Waals surface area (Å²) in [7, 11) is 1.49. The largest absolute Gasteiger partial charge is 0.399 e. The predicted octanol–water partition coefficient (Wildman–Crippen LogP) is 3.25. The van der Waals surface area contributed by atoms with Crippen molar-refractivity contribution < 1.29 is 9.53 Å². The van der Waals surface area contributed by atoms with Gasteiger partial charge in [0.1, 0.15) is 0 Å². The molecule has 0 bridgehead atoms. The van der Waals surface area contributed by atoms with Gasteiger partial charge in [0.25, 0.3) is 5.91 Å². The Bertz CT molecular complexity index is 602. The first kappa shape index (κ1) is 14.4. The van der Waals surface area contributed by atoms with Crippen molar-refractivity contribution in [3.63, 3.8) is 0 Å². The third-order valence-corrected chi connectivity index (χ3v) is 3.14. The van der Waals surface area contributed by atoms with Crippen molar-refractivity contribution in [3.05, 3.63) is 59.1 Å². The van der Waals surface area contributed by atoms with E-state index in [2.05, 4.69) is 5.32 Å². The van der Waals surface area contributed by atoms with Gasteiger partial charge in [0, 0.05) is 12.8 Å². The Morgan fingerprint density at radius 2 is 1.95 bits per heavy atom. The molecular weight excluding hydrogens is 276 g/mol. The van der Waals surface area contributed by atoms with Crippen LogP contribution >= 0.6 is 11.6 Å². The predicted molar refractivity (Wildman–Crippen MR) is 80.7 cm³/mol. The van der Waals surface area contributed by atoms with Gasteiger partial charge in [-0.25, -0.2) is 0 Å². The molecule has 2 aromatic carbocycles. The fourth-order valence-electron chi connectivity index (χ4n) is 1.85. The standard InChI is InChI=1S/C15H15ClN2O2/c1-20-14(10-5-3-2-4-6-10)15(19)18-13-8-7-11(17)9-12(13)16/h2-9,14H,17H2,1H3,(H,18,19). The molecule has 1 amide bonds. The number of hydrogen-bond acceptors (Lipinski definition) is 3. The zero-order valence-electron chi connectivity index (χ0n) is 11.0. The van der Waals surface area contributed by atoms with E-state index in [4.69, 9.17) is 22.1 Å². The van der Waals surface area contributed by atoms with Crippen molar-refractivity contribution in [3.8, 4) is 0 Å². The summed E-state index contributed by atoms with van der Waals surface area (Å²) in [6, 6.07) is 14.2. The van der Waals surface area contributed by atoms with Crippen LogP contribution in [0.5, 0.6) is 0 Å². The average Bonchev–Trinajstić information content (AvgIpc) is 2.44. The molecule has 0 heterocycles. The van der Waals surface area contributed by atoms with Crippen LogP contribution in [0, 0.1) is 0 Å². The first-order chi connectivity index (χ1) is 9.61. The van der Waals surface area contributed by atoms with E-state index >= 15 is 0 Å². The number of carbonyl (C=O) groups is 1. The maximum atomic E-state index is 12.3. The van der Waals surface area contributed by atoms with Crippen molar-refractivity contribution >= 4 is 28.9 Å². The molecule has 104 valence electrons. The van der Waals surface area contributed by atoms with Crippen LogP contribution in [0.3, 0.4) is 0 Å². The third-order valence-electron chi connectivity index (χ3n) is 2.83. The molecule has 2 aromatic rings. The minimum Gasteiger partial charge on any atom is -0.399 e. The van der Waals surface area contributed by atoms with Crippen molar-refractivity contribution in [1.82, 2.24) is 0 Å². The number of carbonyl (C=O) groups excluding carboxylic acids is 1. The number of nitrogens with two attached hydrogens (primary N) is 1. The van der Waals surface area contributed by atoms with Gasteiger partial charge in [-0.2, -0.15) is 0 Å². The number of amides is 1. The summed E-state index contributed by atoms with van der Waals surface area (Å²) in [6.45, 7) is 0. The molecule has 0 aliphatic heterocycles. The summed E-state index contributed by atoms with van der Waals surface area (Å²) in [5, 5.41) is 3.13. The molecule has 0 spiro atoms. The molecule has 0 aliphatic rings. The molecule has 0 aliphatic carbocycles. The number of benzene rings is 2. The fraction of sp³-hybridized carbons (Fsp3) is 0.133. The van der Waals surface area contributed by atoms with E-state index in [1.54, 1.807) is 18.2 Å². The van der Waals surface area contributed by atoms with Gasteiger partial charge in [-0.05, 0) is 23.8 Å². The molecule has 5 heteroatoms. The van der Waals surface area contributed by atoms with Gasteiger partial charge >= 0.3 is 0 Å². The molecule has 1 unspecified atom stereocenters. The molecule has 1 atom stereocenters. The number of rotatable bonds is 4. The summed E-state index contributed by atoms with van der Waals surface area (Å²) < 4.78 is 5.25. The maximum absolute atomic E-state index is 12.3. The summed E-state index contributed by atoms with van der Waals surface area (Å²) in [6.07, 6.45) is -0.690. The average molecular weight is 291 g/mol. The van der Waals surface area contributed by atoms with Crippen LogP contribution in [0.15, 0.2) is 48.5 Å². The molecule has 3 N–H and O–H groups in total. The molecular formula is C15H15ClN2O2. The van der Waals surface area contributed by atoms with Gasteiger partial charge in [-0.15, -0.1) is 0 Å². The first-order valence-electron chi connectivity index (χ1n) is 6.05. The minimum atomic E-state index is -0.690. The van der Waals surface area contributed by atoms with Gasteiger partial charge in [0.2, 0.25) is 0 Å². The van der Waals surface area contributed by atoms with Gasteiger partial charge in [-0.1, -0.05) is 41.9 Å². The highest BCUT2D eigenvalue weighted by molar-refractivity contribution is 6.34. The number of ether oxygens (including phenoxy) is 1. The Morgan fingerprint density at radius 3 is 2.55 bits per heavy atom. The highest BCUT2D eigenvalue weighted by atomic mass is 35.5. The number of halogens is 1.